The number of aromatic amines is 1. The molecule has 1 saturated carbocycles. The summed E-state index contributed by atoms with van der Waals surface area (Å²) in [5.74, 6) is -0.216. The molecule has 1 aromatic heterocycles. The lowest BCUT2D eigenvalue weighted by Crippen LogP contribution is -2.45. The standard InChI is InChI=1S/C41H59N3O6/c45-36-21-19-34(35-20-22-38(47)43-39(35)36)37(46)29-42-25-13-6-2-1-3-7-14-26-44-27-23-31(24-28-44)30-50-40(48)41(49,33-17-11-8-12-18-33)32-15-9-4-5-10-16-32/h8,11-12,17-22,31-32,37,42,45-46,49H,1-7,9-10,13-16,23-30H2,(H,43,47)/t37-,41?/m1/s1. The fraction of sp³-hybridized carbons (Fsp3) is 0.610. The van der Waals surface area contributed by atoms with Crippen molar-refractivity contribution in [3.63, 3.8) is 0 Å². The van der Waals surface area contributed by atoms with E-state index in [1.54, 1.807) is 12.1 Å². The summed E-state index contributed by atoms with van der Waals surface area (Å²) >= 11 is 0. The number of H-pyrrole nitrogens is 1. The number of carbonyl (C=O) groups is 1. The Hall–Kier alpha value is -3.24. The van der Waals surface area contributed by atoms with Crippen LogP contribution in [0.1, 0.15) is 114 Å². The number of rotatable bonds is 18. The first kappa shape index (κ1) is 38.0. The molecule has 3 aromatic rings. The van der Waals surface area contributed by atoms with Crippen molar-refractivity contribution in [2.45, 2.75) is 108 Å². The number of unbranched alkanes of at least 4 members (excludes halogenated alkanes) is 6. The average molecular weight is 690 g/mol. The van der Waals surface area contributed by atoms with Crippen LogP contribution in [0.5, 0.6) is 5.75 Å². The molecule has 274 valence electrons. The van der Waals surface area contributed by atoms with Crippen LogP contribution in [0.25, 0.3) is 10.9 Å². The summed E-state index contributed by atoms with van der Waals surface area (Å²) in [4.78, 5) is 30.3. The number of ether oxygens (including phenoxy) is 1. The lowest BCUT2D eigenvalue weighted by atomic mass is 9.77. The Morgan fingerprint density at radius 3 is 2.28 bits per heavy atom. The minimum Gasteiger partial charge on any atom is -0.506 e. The number of benzene rings is 2. The molecule has 1 aliphatic heterocycles. The zero-order valence-electron chi connectivity index (χ0n) is 29.8. The molecule has 0 spiro atoms. The van der Waals surface area contributed by atoms with Gasteiger partial charge in [0.15, 0.2) is 5.60 Å². The van der Waals surface area contributed by atoms with Gasteiger partial charge in [-0.15, -0.1) is 0 Å². The molecular weight excluding hydrogens is 630 g/mol. The number of hydrogen-bond donors (Lipinski definition) is 5. The molecule has 0 radical (unpaired) electrons. The minimum atomic E-state index is -1.57. The highest BCUT2D eigenvalue weighted by Crippen LogP contribution is 2.40. The monoisotopic (exact) mass is 689 g/mol. The number of aliphatic hydroxyl groups is 2. The molecule has 0 amide bonds. The molecule has 1 unspecified atom stereocenters. The number of aromatic hydroxyl groups is 1. The number of piperidine rings is 1. The van der Waals surface area contributed by atoms with Gasteiger partial charge >= 0.3 is 5.97 Å². The Morgan fingerprint density at radius 2 is 1.56 bits per heavy atom. The van der Waals surface area contributed by atoms with Crippen LogP contribution in [0, 0.1) is 11.8 Å². The summed E-state index contributed by atoms with van der Waals surface area (Å²) in [5.41, 5.74) is -0.148. The van der Waals surface area contributed by atoms with Crippen LogP contribution in [0.3, 0.4) is 0 Å². The van der Waals surface area contributed by atoms with Crippen LogP contribution < -0.4 is 10.9 Å². The van der Waals surface area contributed by atoms with Crippen molar-refractivity contribution < 1.29 is 24.9 Å². The molecule has 1 aliphatic carbocycles. The predicted octanol–water partition coefficient (Wildman–Crippen LogP) is 6.70. The summed E-state index contributed by atoms with van der Waals surface area (Å²) in [7, 11) is 0. The number of phenolic OH excluding ortho intramolecular Hbond substituents is 1. The number of fused-ring (bicyclic) bond motifs is 1. The molecule has 2 heterocycles. The second kappa shape index (κ2) is 19.4. The van der Waals surface area contributed by atoms with E-state index in [1.165, 1.54) is 44.2 Å². The van der Waals surface area contributed by atoms with Gasteiger partial charge in [0.25, 0.3) is 0 Å². The van der Waals surface area contributed by atoms with Gasteiger partial charge in [0, 0.05) is 23.9 Å². The molecule has 0 bridgehead atoms. The molecule has 2 atom stereocenters. The number of nitrogens with one attached hydrogen (secondary N) is 2. The van der Waals surface area contributed by atoms with Gasteiger partial charge in [-0.3, -0.25) is 4.79 Å². The molecule has 50 heavy (non-hydrogen) atoms. The number of aromatic nitrogens is 1. The number of pyridine rings is 1. The van der Waals surface area contributed by atoms with E-state index in [-0.39, 0.29) is 17.2 Å². The number of nitrogens with zero attached hydrogens (tertiary/aromatic N) is 1. The van der Waals surface area contributed by atoms with E-state index in [0.717, 1.165) is 90.4 Å². The van der Waals surface area contributed by atoms with Gasteiger partial charge in [-0.05, 0) is 93.9 Å². The number of aliphatic hydroxyl groups excluding tert-OH is 1. The first-order chi connectivity index (χ1) is 24.4. The van der Waals surface area contributed by atoms with Gasteiger partial charge in [-0.1, -0.05) is 94.2 Å². The predicted molar refractivity (Wildman–Crippen MR) is 198 cm³/mol. The zero-order chi connectivity index (χ0) is 35.2. The Labute approximate surface area is 297 Å². The highest BCUT2D eigenvalue weighted by molar-refractivity contribution is 5.87. The van der Waals surface area contributed by atoms with E-state index in [0.29, 0.717) is 41.1 Å². The van der Waals surface area contributed by atoms with Crippen LogP contribution in [0.4, 0.5) is 0 Å². The van der Waals surface area contributed by atoms with E-state index >= 15 is 0 Å². The SMILES string of the molecule is O=C(OCC1CCN(CCCCCCCCCNC[C@@H](O)c2ccc(O)c3[nH]c(=O)ccc23)CC1)C(O)(c1ccccc1)C1CCCCCC1. The summed E-state index contributed by atoms with van der Waals surface area (Å²) in [6.45, 7) is 4.85. The summed E-state index contributed by atoms with van der Waals surface area (Å²) in [5, 5.41) is 36.6. The lowest BCUT2D eigenvalue weighted by Gasteiger charge is -2.36. The van der Waals surface area contributed by atoms with Crippen LogP contribution in [-0.2, 0) is 15.1 Å². The van der Waals surface area contributed by atoms with E-state index in [1.807, 2.05) is 30.3 Å². The second-order valence-electron chi connectivity index (χ2n) is 14.7. The van der Waals surface area contributed by atoms with E-state index in [4.69, 9.17) is 4.74 Å². The number of likely N-dealkylation sites (tertiary alicyclic amines) is 1. The third-order valence-corrected chi connectivity index (χ3v) is 11.1. The Morgan fingerprint density at radius 1 is 0.880 bits per heavy atom. The molecule has 2 aromatic carbocycles. The minimum absolute atomic E-state index is 0.00212. The van der Waals surface area contributed by atoms with Gasteiger partial charge < -0.3 is 35.3 Å². The van der Waals surface area contributed by atoms with Crippen molar-refractivity contribution in [2.24, 2.45) is 11.8 Å². The number of hydrogen-bond acceptors (Lipinski definition) is 8. The fourth-order valence-electron chi connectivity index (χ4n) is 7.96. The van der Waals surface area contributed by atoms with Gasteiger partial charge in [0.2, 0.25) is 5.56 Å². The summed E-state index contributed by atoms with van der Waals surface area (Å²) in [6, 6.07) is 15.7. The third-order valence-electron chi connectivity index (χ3n) is 11.1. The van der Waals surface area contributed by atoms with E-state index < -0.39 is 17.7 Å². The van der Waals surface area contributed by atoms with Crippen LogP contribution in [0.15, 0.2) is 59.4 Å². The highest BCUT2D eigenvalue weighted by Gasteiger charge is 2.47. The second-order valence-corrected chi connectivity index (χ2v) is 14.7. The van der Waals surface area contributed by atoms with Crippen molar-refractivity contribution in [1.82, 2.24) is 15.2 Å². The number of phenols is 1. The first-order valence-electron chi connectivity index (χ1n) is 19.3. The molecular formula is C41H59N3O6. The Kier molecular flexibility index (Phi) is 14.7. The average Bonchev–Trinajstić information content (AvgIpc) is 3.44. The summed E-state index contributed by atoms with van der Waals surface area (Å²) in [6.07, 6.45) is 15.8. The van der Waals surface area contributed by atoms with Crippen LogP contribution in [-0.4, -0.2) is 70.5 Å². The van der Waals surface area contributed by atoms with Crippen molar-refractivity contribution in [3.05, 3.63) is 76.1 Å². The summed E-state index contributed by atoms with van der Waals surface area (Å²) < 4.78 is 5.91. The topological polar surface area (TPSA) is 135 Å². The normalized spacial score (nSPS) is 18.4. The lowest BCUT2D eigenvalue weighted by molar-refractivity contribution is -0.176. The van der Waals surface area contributed by atoms with E-state index in [2.05, 4.69) is 15.2 Å². The van der Waals surface area contributed by atoms with Gasteiger partial charge in [0.05, 0.1) is 18.2 Å². The van der Waals surface area contributed by atoms with Crippen LogP contribution in [0.2, 0.25) is 0 Å². The fourth-order valence-corrected chi connectivity index (χ4v) is 7.96. The first-order valence-corrected chi connectivity index (χ1v) is 19.3. The Balaban J connectivity index is 0.896. The Bertz CT molecular complexity index is 1510. The molecule has 2 fully saturated rings. The van der Waals surface area contributed by atoms with Crippen molar-refractivity contribution in [2.75, 3.05) is 39.3 Å². The maximum absolute atomic E-state index is 13.5. The smallest absolute Gasteiger partial charge is 0.343 e. The molecule has 2 aliphatic rings. The number of carbonyl (C=O) groups excluding carboxylic acids is 1. The maximum Gasteiger partial charge on any atom is 0.343 e. The third kappa shape index (κ3) is 10.4. The molecule has 5 N–H and O–H groups in total. The van der Waals surface area contributed by atoms with Gasteiger partial charge in [-0.25, -0.2) is 4.79 Å². The molecule has 9 heteroatoms. The van der Waals surface area contributed by atoms with Crippen molar-refractivity contribution in [3.8, 4) is 5.75 Å². The van der Waals surface area contributed by atoms with Gasteiger partial charge in [-0.2, -0.15) is 0 Å². The zero-order valence-corrected chi connectivity index (χ0v) is 29.8. The largest absolute Gasteiger partial charge is 0.506 e. The van der Waals surface area contributed by atoms with E-state index in [9.17, 15) is 24.9 Å². The molecule has 5 rings (SSSR count). The van der Waals surface area contributed by atoms with Crippen molar-refractivity contribution in [1.29, 1.82) is 0 Å². The quantitative estimate of drug-likeness (QED) is 0.0566. The number of esters is 1. The van der Waals surface area contributed by atoms with Gasteiger partial charge in [0.1, 0.15) is 5.75 Å². The molecule has 9 nitrogen and oxygen atoms in total. The van der Waals surface area contributed by atoms with Crippen LogP contribution >= 0.6 is 0 Å². The highest BCUT2D eigenvalue weighted by atomic mass is 16.5. The molecule has 1 saturated heterocycles. The maximum atomic E-state index is 13.5. The van der Waals surface area contributed by atoms with Crippen molar-refractivity contribution >= 4 is 16.9 Å².